The van der Waals surface area contributed by atoms with Gasteiger partial charge in [-0.1, -0.05) is 11.6 Å². The highest BCUT2D eigenvalue weighted by molar-refractivity contribution is 7.78. The predicted molar refractivity (Wildman–Crippen MR) is 113 cm³/mol. The number of allylic oxidation sites excluding steroid dienone is 2. The second kappa shape index (κ2) is 7.95. The summed E-state index contributed by atoms with van der Waals surface area (Å²) in [4.78, 5) is 7.91. The molecule has 3 aromatic rings. The number of nitrogens with zero attached hydrogens (tertiary/aromatic N) is 1. The molecular weight excluding hydrogens is 400 g/mol. The number of thiocarbonyl (C=S) groups is 1. The molecule has 0 aliphatic heterocycles. The zero-order valence-corrected chi connectivity index (χ0v) is 16.7. The summed E-state index contributed by atoms with van der Waals surface area (Å²) in [5.74, 6) is -1.47. The summed E-state index contributed by atoms with van der Waals surface area (Å²) in [5, 5.41) is 2.01. The number of rotatable bonds is 5. The predicted octanol–water partition coefficient (Wildman–Crippen LogP) is 7.81. The highest BCUT2D eigenvalue weighted by atomic mass is 32.1. The van der Waals surface area contributed by atoms with Crippen molar-refractivity contribution in [3.63, 3.8) is 0 Å². The number of isothiocyanates is 1. The second-order valence-corrected chi connectivity index (χ2v) is 8.79. The number of aliphatic imine (C=N–C) groups is 1. The largest absolute Gasteiger partial charge is 0.204 e. The first-order valence-electron chi connectivity index (χ1n) is 8.58. The lowest BCUT2D eigenvalue weighted by atomic mass is 10.1. The molecule has 1 nitrogen and oxygen atoms in total. The van der Waals surface area contributed by atoms with Gasteiger partial charge in [-0.15, -0.1) is 22.7 Å². The molecule has 0 radical (unpaired) electrons. The van der Waals surface area contributed by atoms with Crippen LogP contribution < -0.4 is 0 Å². The van der Waals surface area contributed by atoms with Crippen molar-refractivity contribution in [2.24, 2.45) is 4.99 Å². The Morgan fingerprint density at radius 2 is 1.70 bits per heavy atom. The maximum Gasteiger partial charge on any atom is 0.153 e. The molecule has 27 heavy (non-hydrogen) atoms. The van der Waals surface area contributed by atoms with Gasteiger partial charge in [0.1, 0.15) is 5.69 Å². The lowest BCUT2D eigenvalue weighted by Gasteiger charge is -2.02. The molecule has 136 valence electrons. The molecule has 0 unspecified atom stereocenters. The Labute approximate surface area is 169 Å². The minimum Gasteiger partial charge on any atom is -0.204 e. The van der Waals surface area contributed by atoms with Crippen LogP contribution in [0.4, 0.5) is 14.5 Å². The minimum atomic E-state index is -0.736. The third kappa shape index (κ3) is 3.99. The first kappa shape index (κ1) is 18.4. The minimum absolute atomic E-state index is 0.394. The van der Waals surface area contributed by atoms with Crippen LogP contribution in [0.15, 0.2) is 53.0 Å². The molecule has 4 rings (SSSR count). The molecule has 1 aliphatic carbocycles. The maximum atomic E-state index is 14.1. The van der Waals surface area contributed by atoms with Crippen LogP contribution in [-0.4, -0.2) is 5.16 Å². The molecule has 0 spiro atoms. The average Bonchev–Trinajstić information content (AvgIpc) is 3.39. The van der Waals surface area contributed by atoms with E-state index in [1.807, 2.05) is 17.3 Å². The third-order valence-corrected chi connectivity index (χ3v) is 7.01. The highest BCUT2D eigenvalue weighted by Crippen LogP contribution is 2.39. The Kier molecular flexibility index (Phi) is 5.41. The van der Waals surface area contributed by atoms with Gasteiger partial charge in [0.05, 0.1) is 5.16 Å². The SMILES string of the molecule is Fc1cc(-c2ccc(-c3ccc(CC4=CCCC4)s3)s2)cc(F)c1N=C=S. The summed E-state index contributed by atoms with van der Waals surface area (Å²) in [6.45, 7) is 0. The van der Waals surface area contributed by atoms with Crippen molar-refractivity contribution in [2.45, 2.75) is 25.7 Å². The van der Waals surface area contributed by atoms with Crippen LogP contribution in [0.1, 0.15) is 24.1 Å². The van der Waals surface area contributed by atoms with Crippen molar-refractivity contribution in [2.75, 3.05) is 0 Å². The fraction of sp³-hybridized carbons (Fsp3) is 0.190. The molecule has 1 aliphatic rings. The third-order valence-electron chi connectivity index (χ3n) is 4.51. The van der Waals surface area contributed by atoms with E-state index in [0.29, 0.717) is 5.56 Å². The lowest BCUT2D eigenvalue weighted by Crippen LogP contribution is -1.85. The second-order valence-electron chi connectivity index (χ2n) is 6.35. The zero-order chi connectivity index (χ0) is 18.8. The molecule has 6 heteroatoms. The van der Waals surface area contributed by atoms with Gasteiger partial charge in [-0.25, -0.2) is 8.78 Å². The van der Waals surface area contributed by atoms with Crippen LogP contribution >= 0.6 is 34.9 Å². The van der Waals surface area contributed by atoms with Crippen LogP contribution in [0.3, 0.4) is 0 Å². The van der Waals surface area contributed by atoms with E-state index in [-0.39, 0.29) is 0 Å². The van der Waals surface area contributed by atoms with Gasteiger partial charge in [0.2, 0.25) is 0 Å². The van der Waals surface area contributed by atoms with Crippen molar-refractivity contribution in [3.05, 3.63) is 64.6 Å². The summed E-state index contributed by atoms with van der Waals surface area (Å²) in [6.07, 6.45) is 7.05. The molecule has 0 fully saturated rings. The Morgan fingerprint density at radius 1 is 1.00 bits per heavy atom. The average molecular weight is 416 g/mol. The van der Waals surface area contributed by atoms with Crippen molar-refractivity contribution in [1.29, 1.82) is 0 Å². The normalized spacial score (nSPS) is 13.5. The van der Waals surface area contributed by atoms with E-state index in [9.17, 15) is 8.78 Å². The Hall–Kier alpha value is -1.98. The first-order chi connectivity index (χ1) is 13.1. The van der Waals surface area contributed by atoms with Gasteiger partial charge in [0.15, 0.2) is 11.6 Å². The fourth-order valence-electron chi connectivity index (χ4n) is 3.21. The molecule has 0 amide bonds. The van der Waals surface area contributed by atoms with Crippen LogP contribution in [-0.2, 0) is 6.42 Å². The molecule has 0 atom stereocenters. The molecule has 0 N–H and O–H groups in total. The molecule has 0 bridgehead atoms. The van der Waals surface area contributed by atoms with Crippen molar-refractivity contribution >= 4 is 45.7 Å². The summed E-state index contributed by atoms with van der Waals surface area (Å²) >= 11 is 7.74. The van der Waals surface area contributed by atoms with Crippen molar-refractivity contribution in [3.8, 4) is 20.2 Å². The van der Waals surface area contributed by atoms with Crippen molar-refractivity contribution < 1.29 is 8.78 Å². The number of hydrogen-bond acceptors (Lipinski definition) is 4. The van der Waals surface area contributed by atoms with E-state index in [1.165, 1.54) is 58.1 Å². The van der Waals surface area contributed by atoms with Gasteiger partial charge in [-0.3, -0.25) is 0 Å². The van der Waals surface area contributed by atoms with Gasteiger partial charge < -0.3 is 0 Å². The summed E-state index contributed by atoms with van der Waals surface area (Å²) in [7, 11) is 0. The van der Waals surface area contributed by atoms with Crippen LogP contribution in [0.25, 0.3) is 20.2 Å². The molecule has 2 aromatic heterocycles. The molecular formula is C21H15F2NS3. The van der Waals surface area contributed by atoms with Gasteiger partial charge in [-0.2, -0.15) is 4.99 Å². The summed E-state index contributed by atoms with van der Waals surface area (Å²) < 4.78 is 28.2. The van der Waals surface area contributed by atoms with Crippen LogP contribution in [0, 0.1) is 11.6 Å². The zero-order valence-electron chi connectivity index (χ0n) is 14.3. The fourth-order valence-corrected chi connectivity index (χ4v) is 5.45. The molecule has 0 saturated heterocycles. The van der Waals surface area contributed by atoms with E-state index in [2.05, 4.69) is 35.4 Å². The number of halogens is 2. The number of hydrogen-bond donors (Lipinski definition) is 0. The summed E-state index contributed by atoms with van der Waals surface area (Å²) in [5.41, 5.74) is 1.63. The Morgan fingerprint density at radius 3 is 2.41 bits per heavy atom. The maximum absolute atomic E-state index is 14.1. The molecule has 1 aromatic carbocycles. The first-order valence-corrected chi connectivity index (χ1v) is 10.6. The molecule has 0 saturated carbocycles. The van der Waals surface area contributed by atoms with E-state index < -0.39 is 17.3 Å². The lowest BCUT2D eigenvalue weighted by molar-refractivity contribution is 0.588. The smallest absolute Gasteiger partial charge is 0.153 e. The van der Waals surface area contributed by atoms with Gasteiger partial charge in [0, 0.05) is 25.9 Å². The monoisotopic (exact) mass is 415 g/mol. The van der Waals surface area contributed by atoms with Gasteiger partial charge in [0.25, 0.3) is 0 Å². The van der Waals surface area contributed by atoms with Gasteiger partial charge in [-0.05, 0) is 73.4 Å². The number of benzene rings is 1. The van der Waals surface area contributed by atoms with E-state index in [4.69, 9.17) is 0 Å². The standard InChI is InChI=1S/C21H15F2NS3/c22-16-10-14(11-17(23)21(16)24-12-25)18-7-8-20(27-18)19-6-5-15(26-19)9-13-3-1-2-4-13/h3,5-8,10-11H,1-2,4,9H2. The number of thiophene rings is 2. The Balaban J connectivity index is 1.59. The van der Waals surface area contributed by atoms with Crippen molar-refractivity contribution in [1.82, 2.24) is 0 Å². The topological polar surface area (TPSA) is 12.4 Å². The van der Waals surface area contributed by atoms with E-state index in [1.54, 1.807) is 11.3 Å². The Bertz CT molecular complexity index is 1050. The van der Waals surface area contributed by atoms with E-state index in [0.717, 1.165) is 16.2 Å². The summed E-state index contributed by atoms with van der Waals surface area (Å²) in [6, 6.07) is 10.8. The highest BCUT2D eigenvalue weighted by Gasteiger charge is 2.14. The molecule has 2 heterocycles. The van der Waals surface area contributed by atoms with Gasteiger partial charge >= 0.3 is 0 Å². The quantitative estimate of drug-likeness (QED) is 0.235. The van der Waals surface area contributed by atoms with E-state index >= 15 is 0 Å². The van der Waals surface area contributed by atoms with Crippen LogP contribution in [0.5, 0.6) is 0 Å². The van der Waals surface area contributed by atoms with Crippen LogP contribution in [0.2, 0.25) is 0 Å².